The maximum Gasteiger partial charge on any atom is 0.161 e. The molecule has 0 amide bonds. The minimum absolute atomic E-state index is 0.0815. The van der Waals surface area contributed by atoms with Crippen molar-refractivity contribution in [1.29, 1.82) is 0 Å². The number of benzene rings is 2. The summed E-state index contributed by atoms with van der Waals surface area (Å²) in [5.74, 6) is 0.269. The lowest BCUT2D eigenvalue weighted by atomic mass is 9.74. The number of methoxy groups -OCH3 is 2. The average molecular weight is 478 g/mol. The average Bonchev–Trinajstić information content (AvgIpc) is 2.79. The number of ether oxygens (including phenoxy) is 3. The van der Waals surface area contributed by atoms with E-state index >= 15 is 4.39 Å². The van der Waals surface area contributed by atoms with Crippen molar-refractivity contribution >= 4 is 11.8 Å². The molecule has 1 aliphatic rings. The van der Waals surface area contributed by atoms with Crippen molar-refractivity contribution in [2.24, 2.45) is 0 Å². The molecule has 0 fully saturated rings. The standard InChI is InChI=1S/C26H28F3O3S/c1-26(2,17-8-11-24(30-3)25(14-17)31-4)20-10-9-18(15-23(20)29)33-13-12-32-16-19-21(27)6-5-7-22(19)28/h5-9,11,14-15H,10,12-13,16H2,1-4H3. The van der Waals surface area contributed by atoms with Crippen LogP contribution in [0.3, 0.4) is 0 Å². The van der Waals surface area contributed by atoms with E-state index in [9.17, 15) is 8.78 Å². The smallest absolute Gasteiger partial charge is 0.161 e. The third-order valence-corrected chi connectivity index (χ3v) is 6.72. The van der Waals surface area contributed by atoms with Crippen molar-refractivity contribution in [2.75, 3.05) is 26.6 Å². The first kappa shape index (κ1) is 25.2. The highest BCUT2D eigenvalue weighted by molar-refractivity contribution is 8.03. The molecule has 0 unspecified atom stereocenters. The molecule has 3 nitrogen and oxygen atoms in total. The second-order valence-corrected chi connectivity index (χ2v) is 9.25. The highest BCUT2D eigenvalue weighted by Crippen LogP contribution is 2.43. The van der Waals surface area contributed by atoms with E-state index in [4.69, 9.17) is 14.2 Å². The van der Waals surface area contributed by atoms with E-state index in [-0.39, 0.29) is 18.0 Å². The SMILES string of the molecule is COc1ccc(C(C)(C)C2=C(F)C=C(SCCOCc3c(F)cccc3F)[CH]C2)cc1OC. The summed E-state index contributed by atoms with van der Waals surface area (Å²) in [6.45, 7) is 4.12. The molecule has 0 atom stereocenters. The van der Waals surface area contributed by atoms with Crippen LogP contribution < -0.4 is 9.47 Å². The first-order valence-corrected chi connectivity index (χ1v) is 11.6. The van der Waals surface area contributed by atoms with Gasteiger partial charge >= 0.3 is 0 Å². The Bertz CT molecular complexity index is 1030. The molecule has 0 N–H and O–H groups in total. The van der Waals surface area contributed by atoms with Gasteiger partial charge in [-0.05, 0) is 52.8 Å². The predicted molar refractivity (Wildman–Crippen MR) is 126 cm³/mol. The second kappa shape index (κ2) is 11.2. The normalized spacial score (nSPS) is 14.3. The molecule has 0 saturated heterocycles. The van der Waals surface area contributed by atoms with Gasteiger partial charge in [0.2, 0.25) is 0 Å². The third-order valence-electron chi connectivity index (χ3n) is 5.73. The van der Waals surface area contributed by atoms with Gasteiger partial charge < -0.3 is 14.2 Å². The Balaban J connectivity index is 1.60. The summed E-state index contributed by atoms with van der Waals surface area (Å²) < 4.78 is 58.5. The molecule has 2 aromatic rings. The van der Waals surface area contributed by atoms with Crippen LogP contribution >= 0.6 is 11.8 Å². The van der Waals surface area contributed by atoms with Crippen LogP contribution in [0.4, 0.5) is 13.2 Å². The van der Waals surface area contributed by atoms with E-state index in [1.54, 1.807) is 14.2 Å². The summed E-state index contributed by atoms with van der Waals surface area (Å²) in [5.41, 5.74) is 0.990. The fraction of sp³-hybridized carbons (Fsp3) is 0.346. The maximum atomic E-state index is 15.1. The van der Waals surface area contributed by atoms with Gasteiger partial charge in [-0.2, -0.15) is 0 Å². The topological polar surface area (TPSA) is 27.7 Å². The van der Waals surface area contributed by atoms with Crippen LogP contribution in [-0.2, 0) is 16.8 Å². The Morgan fingerprint density at radius 1 is 0.970 bits per heavy atom. The molecule has 0 spiro atoms. The third kappa shape index (κ3) is 5.95. The van der Waals surface area contributed by atoms with Crippen molar-refractivity contribution in [3.63, 3.8) is 0 Å². The minimum atomic E-state index is -0.622. The van der Waals surface area contributed by atoms with Gasteiger partial charge in [-0.25, -0.2) is 13.2 Å². The number of halogens is 3. The van der Waals surface area contributed by atoms with Gasteiger partial charge in [0.15, 0.2) is 11.5 Å². The molecule has 1 aliphatic carbocycles. The summed E-state index contributed by atoms with van der Waals surface area (Å²) in [4.78, 5) is 0.806. The summed E-state index contributed by atoms with van der Waals surface area (Å²) in [5, 5.41) is 0. The number of rotatable bonds is 10. The quantitative estimate of drug-likeness (QED) is 0.347. The van der Waals surface area contributed by atoms with Gasteiger partial charge in [-0.3, -0.25) is 0 Å². The second-order valence-electron chi connectivity index (χ2n) is 8.08. The van der Waals surface area contributed by atoms with E-state index in [1.807, 2.05) is 38.5 Å². The van der Waals surface area contributed by atoms with Crippen LogP contribution in [0.2, 0.25) is 0 Å². The molecule has 0 heterocycles. The maximum absolute atomic E-state index is 15.1. The van der Waals surface area contributed by atoms with E-state index < -0.39 is 17.0 Å². The van der Waals surface area contributed by atoms with Gasteiger partial charge in [0.1, 0.15) is 17.5 Å². The largest absolute Gasteiger partial charge is 0.493 e. The van der Waals surface area contributed by atoms with Gasteiger partial charge in [-0.15, -0.1) is 11.8 Å². The monoisotopic (exact) mass is 477 g/mol. The van der Waals surface area contributed by atoms with Crippen LogP contribution in [0, 0.1) is 18.1 Å². The van der Waals surface area contributed by atoms with Crippen molar-refractivity contribution in [1.82, 2.24) is 0 Å². The minimum Gasteiger partial charge on any atom is -0.493 e. The Morgan fingerprint density at radius 2 is 1.67 bits per heavy atom. The first-order chi connectivity index (χ1) is 15.8. The van der Waals surface area contributed by atoms with Crippen LogP contribution in [0.15, 0.2) is 58.8 Å². The summed E-state index contributed by atoms with van der Waals surface area (Å²) in [6.07, 6.45) is 4.00. The van der Waals surface area contributed by atoms with Gasteiger partial charge in [-0.1, -0.05) is 26.0 Å². The number of hydrogen-bond donors (Lipinski definition) is 0. The molecule has 177 valence electrons. The number of allylic oxidation sites excluding steroid dienone is 4. The lowest BCUT2D eigenvalue weighted by molar-refractivity contribution is 0.131. The van der Waals surface area contributed by atoms with E-state index in [0.717, 1.165) is 10.5 Å². The van der Waals surface area contributed by atoms with Crippen molar-refractivity contribution < 1.29 is 27.4 Å². The van der Waals surface area contributed by atoms with E-state index in [0.29, 0.717) is 35.9 Å². The zero-order chi connectivity index (χ0) is 24.0. The van der Waals surface area contributed by atoms with Crippen LogP contribution in [-0.4, -0.2) is 26.6 Å². The van der Waals surface area contributed by atoms with Crippen LogP contribution in [0.25, 0.3) is 0 Å². The van der Waals surface area contributed by atoms with E-state index in [2.05, 4.69) is 0 Å². The Labute approximate surface area is 197 Å². The molecule has 0 aliphatic heterocycles. The number of hydrogen-bond acceptors (Lipinski definition) is 4. The summed E-state index contributed by atoms with van der Waals surface area (Å²) in [6, 6.07) is 9.35. The highest BCUT2D eigenvalue weighted by Gasteiger charge is 2.31. The van der Waals surface area contributed by atoms with Crippen molar-refractivity contribution in [3.8, 4) is 11.5 Å². The lowest BCUT2D eigenvalue weighted by Crippen LogP contribution is -2.23. The fourth-order valence-electron chi connectivity index (χ4n) is 3.69. The van der Waals surface area contributed by atoms with Crippen molar-refractivity contribution in [2.45, 2.75) is 32.3 Å². The summed E-state index contributed by atoms with van der Waals surface area (Å²) in [7, 11) is 3.15. The molecular formula is C26H28F3O3S. The lowest BCUT2D eigenvalue weighted by Gasteiger charge is -2.31. The first-order valence-electron chi connectivity index (χ1n) is 10.6. The Kier molecular flexibility index (Phi) is 8.54. The molecule has 33 heavy (non-hydrogen) atoms. The molecule has 7 heteroatoms. The van der Waals surface area contributed by atoms with Gasteiger partial charge in [0.25, 0.3) is 0 Å². The van der Waals surface area contributed by atoms with Crippen LogP contribution in [0.1, 0.15) is 31.4 Å². The number of thioether (sulfide) groups is 1. The molecule has 0 aromatic heterocycles. The molecule has 1 radical (unpaired) electrons. The van der Waals surface area contributed by atoms with Gasteiger partial charge in [0.05, 0.1) is 27.4 Å². The zero-order valence-corrected chi connectivity index (χ0v) is 20.0. The molecule has 0 bridgehead atoms. The Hall–Kier alpha value is -2.38. The fourth-order valence-corrected chi connectivity index (χ4v) is 4.51. The molecule has 0 saturated carbocycles. The Morgan fingerprint density at radius 3 is 2.30 bits per heavy atom. The molecular weight excluding hydrogens is 449 g/mol. The van der Waals surface area contributed by atoms with Crippen LogP contribution in [0.5, 0.6) is 11.5 Å². The van der Waals surface area contributed by atoms with Gasteiger partial charge in [0, 0.05) is 23.2 Å². The predicted octanol–water partition coefficient (Wildman–Crippen LogP) is 6.93. The van der Waals surface area contributed by atoms with E-state index in [1.165, 1.54) is 36.0 Å². The zero-order valence-electron chi connectivity index (χ0n) is 19.2. The highest BCUT2D eigenvalue weighted by atomic mass is 32.2. The summed E-state index contributed by atoms with van der Waals surface area (Å²) >= 11 is 1.45. The van der Waals surface area contributed by atoms with Crippen molar-refractivity contribution in [3.05, 3.63) is 88.0 Å². The molecule has 2 aromatic carbocycles. The molecule has 3 rings (SSSR count).